The average Bonchev–Trinajstić information content (AvgIpc) is 3.25. The van der Waals surface area contributed by atoms with E-state index in [1.165, 1.54) is 11.8 Å². The number of hydrogen-bond donors (Lipinski definition) is 0. The zero-order valence-electron chi connectivity index (χ0n) is 16.9. The molecule has 3 aromatic rings. The zero-order valence-corrected chi connectivity index (χ0v) is 17.8. The van der Waals surface area contributed by atoms with E-state index in [2.05, 4.69) is 30.2 Å². The van der Waals surface area contributed by atoms with Crippen molar-refractivity contribution in [1.29, 1.82) is 0 Å². The second kappa shape index (κ2) is 9.35. The molecule has 1 saturated heterocycles. The summed E-state index contributed by atoms with van der Waals surface area (Å²) in [5.41, 5.74) is 1.48. The fourth-order valence-electron chi connectivity index (χ4n) is 3.36. The normalized spacial score (nSPS) is 15.3. The number of aromatic nitrogens is 5. The van der Waals surface area contributed by atoms with E-state index in [0.717, 1.165) is 37.3 Å². The van der Waals surface area contributed by atoms with E-state index in [-0.39, 0.29) is 5.91 Å². The summed E-state index contributed by atoms with van der Waals surface area (Å²) in [6.45, 7) is 7.27. The van der Waals surface area contributed by atoms with Gasteiger partial charge in [-0.1, -0.05) is 22.1 Å². The van der Waals surface area contributed by atoms with Crippen molar-refractivity contribution in [3.8, 4) is 11.5 Å². The lowest BCUT2D eigenvalue weighted by atomic mass is 10.2. The van der Waals surface area contributed by atoms with Gasteiger partial charge < -0.3 is 13.9 Å². The van der Waals surface area contributed by atoms with Crippen LogP contribution in [0.3, 0.4) is 0 Å². The topological polar surface area (TPSA) is 114 Å². The molecule has 158 valence electrons. The third kappa shape index (κ3) is 4.85. The number of carbonyl (C=O) groups excluding carboxylic acids is 1. The molecule has 1 amide bonds. The molecule has 3 aromatic heterocycles. The maximum absolute atomic E-state index is 12.6. The highest BCUT2D eigenvalue weighted by Gasteiger charge is 2.22. The van der Waals surface area contributed by atoms with Crippen molar-refractivity contribution in [1.82, 2.24) is 35.1 Å². The second-order valence-corrected chi connectivity index (χ2v) is 7.99. The van der Waals surface area contributed by atoms with E-state index in [4.69, 9.17) is 9.05 Å². The summed E-state index contributed by atoms with van der Waals surface area (Å²) in [5, 5.41) is 8.65. The molecule has 4 rings (SSSR count). The summed E-state index contributed by atoms with van der Waals surface area (Å²) in [5.74, 6) is 2.14. The Kier molecular flexibility index (Phi) is 6.38. The van der Waals surface area contributed by atoms with Crippen LogP contribution < -0.4 is 0 Å². The van der Waals surface area contributed by atoms with Gasteiger partial charge in [-0.25, -0.2) is 9.97 Å². The van der Waals surface area contributed by atoms with Crippen LogP contribution in [0.2, 0.25) is 0 Å². The van der Waals surface area contributed by atoms with Crippen LogP contribution in [0.1, 0.15) is 23.7 Å². The summed E-state index contributed by atoms with van der Waals surface area (Å²) in [6.07, 6.45) is 4.25. The van der Waals surface area contributed by atoms with E-state index in [9.17, 15) is 4.79 Å². The number of nitrogens with zero attached hydrogens (tertiary/aromatic N) is 7. The van der Waals surface area contributed by atoms with Gasteiger partial charge in [0.15, 0.2) is 11.0 Å². The highest BCUT2D eigenvalue weighted by atomic mass is 32.2. The molecule has 0 N–H and O–H groups in total. The van der Waals surface area contributed by atoms with Crippen molar-refractivity contribution in [3.05, 3.63) is 35.7 Å². The Balaban J connectivity index is 1.30. The number of hydrogen-bond acceptors (Lipinski definition) is 10. The third-order valence-electron chi connectivity index (χ3n) is 4.89. The van der Waals surface area contributed by atoms with Gasteiger partial charge in [-0.3, -0.25) is 9.69 Å². The van der Waals surface area contributed by atoms with Crippen LogP contribution in [0.25, 0.3) is 11.5 Å². The number of amides is 1. The van der Waals surface area contributed by atoms with E-state index in [1.807, 2.05) is 18.7 Å². The van der Waals surface area contributed by atoms with Gasteiger partial charge in [0.05, 0.1) is 18.0 Å². The molecule has 0 saturated carbocycles. The minimum absolute atomic E-state index is 0.106. The number of thioether (sulfide) groups is 1. The molecule has 0 unspecified atom stereocenters. The Hall–Kier alpha value is -2.79. The highest BCUT2D eigenvalue weighted by molar-refractivity contribution is 7.99. The summed E-state index contributed by atoms with van der Waals surface area (Å²) in [4.78, 5) is 29.5. The maximum atomic E-state index is 12.6. The van der Waals surface area contributed by atoms with E-state index >= 15 is 0 Å². The van der Waals surface area contributed by atoms with Crippen molar-refractivity contribution < 1.29 is 13.8 Å². The van der Waals surface area contributed by atoms with Gasteiger partial charge in [-0.2, -0.15) is 4.98 Å². The molecule has 1 fully saturated rings. The van der Waals surface area contributed by atoms with Gasteiger partial charge in [0, 0.05) is 38.6 Å². The minimum Gasteiger partial charge on any atom is -0.361 e. The molecule has 0 spiro atoms. The van der Waals surface area contributed by atoms with Gasteiger partial charge in [0.1, 0.15) is 11.3 Å². The van der Waals surface area contributed by atoms with Crippen LogP contribution in [0.4, 0.5) is 0 Å². The third-order valence-corrected chi connectivity index (χ3v) is 5.75. The Morgan fingerprint density at radius 2 is 1.93 bits per heavy atom. The molecule has 0 aliphatic carbocycles. The lowest BCUT2D eigenvalue weighted by Gasteiger charge is -2.21. The molecule has 1 aliphatic rings. The van der Waals surface area contributed by atoms with Gasteiger partial charge in [-0.15, -0.1) is 0 Å². The van der Waals surface area contributed by atoms with Crippen LogP contribution >= 0.6 is 11.8 Å². The summed E-state index contributed by atoms with van der Waals surface area (Å²) < 4.78 is 10.6. The van der Waals surface area contributed by atoms with E-state index in [0.29, 0.717) is 41.5 Å². The zero-order chi connectivity index (χ0) is 20.9. The van der Waals surface area contributed by atoms with Gasteiger partial charge >= 0.3 is 0 Å². The van der Waals surface area contributed by atoms with E-state index < -0.39 is 0 Å². The summed E-state index contributed by atoms with van der Waals surface area (Å²) in [6, 6.07) is 1.76. The quantitative estimate of drug-likeness (QED) is 0.425. The highest BCUT2D eigenvalue weighted by Crippen LogP contribution is 2.25. The maximum Gasteiger partial charge on any atom is 0.263 e. The predicted molar refractivity (Wildman–Crippen MR) is 108 cm³/mol. The molecular weight excluding hydrogens is 406 g/mol. The fraction of sp³-hybridized carbons (Fsp3) is 0.474. The summed E-state index contributed by atoms with van der Waals surface area (Å²) in [7, 11) is 0. The lowest BCUT2D eigenvalue weighted by Crippen LogP contribution is -2.36. The minimum atomic E-state index is 0.106. The van der Waals surface area contributed by atoms with Crippen molar-refractivity contribution in [2.75, 3.05) is 31.9 Å². The van der Waals surface area contributed by atoms with Crippen molar-refractivity contribution >= 4 is 17.7 Å². The fourth-order valence-corrected chi connectivity index (χ4v) is 4.07. The lowest BCUT2D eigenvalue weighted by molar-refractivity contribution is -0.128. The number of aryl methyl sites for hydroxylation is 2. The molecule has 0 bridgehead atoms. The molecular formula is C19H23N7O3S. The SMILES string of the molecule is Cc1noc(C)c1-c1nc(CN2CCCN(C(=O)CSc3ncccn3)CC2)no1. The van der Waals surface area contributed by atoms with Crippen LogP contribution in [-0.4, -0.2) is 72.9 Å². The average molecular weight is 430 g/mol. The smallest absolute Gasteiger partial charge is 0.263 e. The molecule has 11 heteroatoms. The Morgan fingerprint density at radius 3 is 2.70 bits per heavy atom. The van der Waals surface area contributed by atoms with Crippen LogP contribution in [-0.2, 0) is 11.3 Å². The largest absolute Gasteiger partial charge is 0.361 e. The van der Waals surface area contributed by atoms with E-state index in [1.54, 1.807) is 18.5 Å². The predicted octanol–water partition coefficient (Wildman–Crippen LogP) is 1.96. The second-order valence-electron chi connectivity index (χ2n) is 7.05. The molecule has 4 heterocycles. The molecule has 10 nitrogen and oxygen atoms in total. The van der Waals surface area contributed by atoms with Crippen molar-refractivity contribution in [3.63, 3.8) is 0 Å². The first-order valence-corrected chi connectivity index (χ1v) is 10.7. The number of carbonyl (C=O) groups is 1. The molecule has 1 aliphatic heterocycles. The Labute approximate surface area is 178 Å². The monoisotopic (exact) mass is 429 g/mol. The Morgan fingerprint density at radius 1 is 1.10 bits per heavy atom. The Bertz CT molecular complexity index is 972. The van der Waals surface area contributed by atoms with Crippen molar-refractivity contribution in [2.24, 2.45) is 0 Å². The van der Waals surface area contributed by atoms with Crippen molar-refractivity contribution in [2.45, 2.75) is 32.0 Å². The van der Waals surface area contributed by atoms with Crippen LogP contribution in [0.5, 0.6) is 0 Å². The first-order chi connectivity index (χ1) is 14.6. The van der Waals surface area contributed by atoms with Crippen LogP contribution in [0.15, 0.2) is 32.7 Å². The molecule has 0 atom stereocenters. The standard InChI is InChI=1S/C19H23N7O3S/c1-13-17(14(2)28-23-13)18-22-15(24-29-18)11-25-7-4-8-26(10-9-25)16(27)12-30-19-20-5-3-6-21-19/h3,5-6H,4,7-12H2,1-2H3. The molecule has 0 aromatic carbocycles. The molecule has 30 heavy (non-hydrogen) atoms. The van der Waals surface area contributed by atoms with Gasteiger partial charge in [-0.05, 0) is 26.3 Å². The van der Waals surface area contributed by atoms with Gasteiger partial charge in [0.2, 0.25) is 5.91 Å². The first kappa shape index (κ1) is 20.5. The summed E-state index contributed by atoms with van der Waals surface area (Å²) >= 11 is 1.36. The molecule has 0 radical (unpaired) electrons. The van der Waals surface area contributed by atoms with Crippen LogP contribution in [0, 0.1) is 13.8 Å². The van der Waals surface area contributed by atoms with Gasteiger partial charge in [0.25, 0.3) is 5.89 Å². The first-order valence-electron chi connectivity index (χ1n) is 9.76. The number of rotatable bonds is 6.